The van der Waals surface area contributed by atoms with E-state index in [4.69, 9.17) is 0 Å². The highest BCUT2D eigenvalue weighted by Crippen LogP contribution is 2.15. The highest BCUT2D eigenvalue weighted by atomic mass is 16.2. The summed E-state index contributed by atoms with van der Waals surface area (Å²) in [6.45, 7) is 5.45. The van der Waals surface area contributed by atoms with Crippen LogP contribution in [0.3, 0.4) is 0 Å². The van der Waals surface area contributed by atoms with Gasteiger partial charge >= 0.3 is 6.03 Å². The first kappa shape index (κ1) is 16.4. The van der Waals surface area contributed by atoms with E-state index in [9.17, 15) is 9.59 Å². The summed E-state index contributed by atoms with van der Waals surface area (Å²) in [4.78, 5) is 30.8. The molecule has 25 heavy (non-hydrogen) atoms. The van der Waals surface area contributed by atoms with Crippen LogP contribution in [0.5, 0.6) is 0 Å². The van der Waals surface area contributed by atoms with Gasteiger partial charge in [-0.25, -0.2) is 9.78 Å². The van der Waals surface area contributed by atoms with E-state index < -0.39 is 6.03 Å². The van der Waals surface area contributed by atoms with Gasteiger partial charge in [-0.15, -0.1) is 0 Å². The zero-order chi connectivity index (χ0) is 18.0. The van der Waals surface area contributed by atoms with Gasteiger partial charge in [0.05, 0.1) is 5.69 Å². The van der Waals surface area contributed by atoms with Crippen molar-refractivity contribution in [2.24, 2.45) is 0 Å². The van der Waals surface area contributed by atoms with Gasteiger partial charge < -0.3 is 5.32 Å². The van der Waals surface area contributed by atoms with E-state index in [1.54, 1.807) is 26.0 Å². The first-order valence-corrected chi connectivity index (χ1v) is 7.70. The number of hydrogen-bond acceptors (Lipinski definition) is 4. The van der Waals surface area contributed by atoms with Crippen LogP contribution in [-0.2, 0) is 0 Å². The summed E-state index contributed by atoms with van der Waals surface area (Å²) in [6.07, 6.45) is 0. The number of carbonyl (C=O) groups excluding carboxylic acids is 1. The molecule has 0 aliphatic rings. The molecule has 2 amide bonds. The topological polar surface area (TPSA) is 105 Å². The molecule has 3 aromatic rings. The van der Waals surface area contributed by atoms with Gasteiger partial charge in [-0.1, -0.05) is 12.1 Å². The second-order valence-electron chi connectivity index (χ2n) is 5.74. The predicted molar refractivity (Wildman–Crippen MR) is 95.3 cm³/mol. The van der Waals surface area contributed by atoms with Gasteiger partial charge in [0.25, 0.3) is 5.56 Å². The van der Waals surface area contributed by atoms with E-state index in [0.29, 0.717) is 22.9 Å². The minimum Gasteiger partial charge on any atom is -0.308 e. The summed E-state index contributed by atoms with van der Waals surface area (Å²) in [5, 5.41) is 9.76. The quantitative estimate of drug-likeness (QED) is 0.682. The SMILES string of the molecule is Cc1cccc(NC(=O)Nc2cc(C)nn2-c2nc(C)cc(=O)[nH]2)c1. The molecular weight excluding hydrogens is 320 g/mol. The van der Waals surface area contributed by atoms with Crippen molar-refractivity contribution in [1.82, 2.24) is 19.7 Å². The highest BCUT2D eigenvalue weighted by molar-refractivity contribution is 5.99. The molecule has 3 rings (SSSR count). The monoisotopic (exact) mass is 338 g/mol. The molecule has 2 aromatic heterocycles. The molecule has 8 heteroatoms. The molecule has 8 nitrogen and oxygen atoms in total. The number of nitrogens with zero attached hydrogens (tertiary/aromatic N) is 3. The molecule has 0 unspecified atom stereocenters. The third kappa shape index (κ3) is 3.92. The van der Waals surface area contributed by atoms with E-state index in [-0.39, 0.29) is 11.5 Å². The molecule has 1 aromatic carbocycles. The standard InChI is InChI=1S/C17H18N6O2/c1-10-5-4-6-13(7-10)19-17(25)20-14-8-12(3)22-23(14)16-18-11(2)9-15(24)21-16/h4-9H,1-3H3,(H,18,21,24)(H2,19,20,25). The van der Waals surface area contributed by atoms with Crippen LogP contribution in [-0.4, -0.2) is 25.8 Å². The van der Waals surface area contributed by atoms with Gasteiger partial charge in [0.1, 0.15) is 5.82 Å². The van der Waals surface area contributed by atoms with Gasteiger partial charge in [0.2, 0.25) is 5.95 Å². The minimum atomic E-state index is -0.415. The fourth-order valence-corrected chi connectivity index (χ4v) is 2.42. The van der Waals surface area contributed by atoms with Crippen molar-refractivity contribution in [3.8, 4) is 5.95 Å². The molecule has 2 heterocycles. The van der Waals surface area contributed by atoms with Gasteiger partial charge in [0.15, 0.2) is 0 Å². The molecule has 0 aliphatic carbocycles. The van der Waals surface area contributed by atoms with Crippen LogP contribution < -0.4 is 16.2 Å². The van der Waals surface area contributed by atoms with Crippen LogP contribution in [0.15, 0.2) is 41.2 Å². The first-order valence-electron chi connectivity index (χ1n) is 7.70. The molecule has 0 saturated carbocycles. The zero-order valence-corrected chi connectivity index (χ0v) is 14.1. The van der Waals surface area contributed by atoms with Crippen LogP contribution in [0, 0.1) is 20.8 Å². The number of rotatable bonds is 3. The number of urea groups is 1. The number of amides is 2. The molecule has 0 spiro atoms. The number of anilines is 2. The second-order valence-corrected chi connectivity index (χ2v) is 5.74. The maximum atomic E-state index is 12.3. The number of benzene rings is 1. The van der Waals surface area contributed by atoms with Crippen molar-refractivity contribution >= 4 is 17.5 Å². The maximum Gasteiger partial charge on any atom is 0.324 e. The fraction of sp³-hybridized carbons (Fsp3) is 0.176. The lowest BCUT2D eigenvalue weighted by Crippen LogP contribution is -2.22. The molecule has 0 fully saturated rings. The maximum absolute atomic E-state index is 12.3. The van der Waals surface area contributed by atoms with E-state index in [1.165, 1.54) is 10.7 Å². The summed E-state index contributed by atoms with van der Waals surface area (Å²) >= 11 is 0. The first-order chi connectivity index (χ1) is 11.9. The third-order valence-electron chi connectivity index (χ3n) is 3.41. The number of carbonyl (C=O) groups is 1. The molecule has 128 valence electrons. The smallest absolute Gasteiger partial charge is 0.308 e. The molecule has 0 aliphatic heterocycles. The van der Waals surface area contributed by atoms with Gasteiger partial charge in [-0.05, 0) is 38.5 Å². The van der Waals surface area contributed by atoms with Crippen LogP contribution in [0.4, 0.5) is 16.3 Å². The largest absolute Gasteiger partial charge is 0.324 e. The lowest BCUT2D eigenvalue weighted by molar-refractivity contribution is 0.262. The Morgan fingerprint density at radius 2 is 1.88 bits per heavy atom. The van der Waals surface area contributed by atoms with Crippen molar-refractivity contribution in [2.75, 3.05) is 10.6 Å². The third-order valence-corrected chi connectivity index (χ3v) is 3.41. The van der Waals surface area contributed by atoms with Crippen molar-refractivity contribution in [2.45, 2.75) is 20.8 Å². The summed E-state index contributed by atoms with van der Waals surface area (Å²) < 4.78 is 1.39. The number of aromatic amines is 1. The number of H-pyrrole nitrogens is 1. The summed E-state index contributed by atoms with van der Waals surface area (Å²) in [5.41, 5.74) is 2.67. The number of nitrogens with one attached hydrogen (secondary N) is 3. The summed E-state index contributed by atoms with van der Waals surface area (Å²) in [5.74, 6) is 0.639. The van der Waals surface area contributed by atoms with Crippen molar-refractivity contribution in [1.29, 1.82) is 0 Å². The van der Waals surface area contributed by atoms with Crippen LogP contribution in [0.1, 0.15) is 17.0 Å². The molecule has 0 radical (unpaired) electrons. The molecule has 3 N–H and O–H groups in total. The molecule has 0 atom stereocenters. The number of aromatic nitrogens is 4. The van der Waals surface area contributed by atoms with E-state index in [1.807, 2.05) is 25.1 Å². The Labute approximate surface area is 143 Å². The molecule has 0 bridgehead atoms. The predicted octanol–water partition coefficient (Wildman–Crippen LogP) is 2.52. The molecule has 0 saturated heterocycles. The minimum absolute atomic E-state index is 0.240. The Kier molecular flexibility index (Phi) is 4.34. The Bertz CT molecular complexity index is 989. The van der Waals surface area contributed by atoms with Crippen LogP contribution in [0.25, 0.3) is 5.95 Å². The average Bonchev–Trinajstić information content (AvgIpc) is 2.86. The normalized spacial score (nSPS) is 10.5. The Morgan fingerprint density at radius 3 is 2.60 bits per heavy atom. The molecular formula is C17H18N6O2. The van der Waals surface area contributed by atoms with Crippen molar-refractivity contribution < 1.29 is 4.79 Å². The Hall–Kier alpha value is -3.42. The average molecular weight is 338 g/mol. The highest BCUT2D eigenvalue weighted by Gasteiger charge is 2.13. The summed E-state index contributed by atoms with van der Waals surface area (Å²) in [6, 6.07) is 10.1. The fourth-order valence-electron chi connectivity index (χ4n) is 2.42. The van der Waals surface area contributed by atoms with Gasteiger partial charge in [-0.3, -0.25) is 15.1 Å². The van der Waals surface area contributed by atoms with Crippen molar-refractivity contribution in [3.63, 3.8) is 0 Å². The Balaban J connectivity index is 1.86. The van der Waals surface area contributed by atoms with Gasteiger partial charge in [-0.2, -0.15) is 9.78 Å². The lowest BCUT2D eigenvalue weighted by atomic mass is 10.2. The summed E-state index contributed by atoms with van der Waals surface area (Å²) in [7, 11) is 0. The van der Waals surface area contributed by atoms with Gasteiger partial charge in [0, 0.05) is 23.5 Å². The number of hydrogen-bond donors (Lipinski definition) is 3. The second kappa shape index (κ2) is 6.60. The van der Waals surface area contributed by atoms with Crippen LogP contribution >= 0.6 is 0 Å². The Morgan fingerprint density at radius 1 is 1.08 bits per heavy atom. The zero-order valence-electron chi connectivity index (χ0n) is 14.1. The lowest BCUT2D eigenvalue weighted by Gasteiger charge is -2.10. The van der Waals surface area contributed by atoms with E-state index in [0.717, 1.165) is 5.56 Å². The van der Waals surface area contributed by atoms with E-state index in [2.05, 4.69) is 25.7 Å². The van der Waals surface area contributed by atoms with Crippen LogP contribution in [0.2, 0.25) is 0 Å². The van der Waals surface area contributed by atoms with E-state index >= 15 is 0 Å². The van der Waals surface area contributed by atoms with Crippen molar-refractivity contribution in [3.05, 3.63) is 63.7 Å². The number of aryl methyl sites for hydroxylation is 3.